The molecule has 0 atom stereocenters. The van der Waals surface area contributed by atoms with Crippen molar-refractivity contribution < 1.29 is 13.2 Å². The van der Waals surface area contributed by atoms with Crippen molar-refractivity contribution in [3.8, 4) is 6.07 Å². The average molecular weight is 326 g/mol. The molecule has 6 heteroatoms. The van der Waals surface area contributed by atoms with Crippen molar-refractivity contribution in [1.29, 1.82) is 5.26 Å². The van der Waals surface area contributed by atoms with Crippen LogP contribution in [-0.4, -0.2) is 20.5 Å². The molecule has 0 aliphatic carbocycles. The maximum atomic E-state index is 12.1. The summed E-state index contributed by atoms with van der Waals surface area (Å²) in [6.45, 7) is 0. The molecule has 2 rings (SSSR count). The number of hydrogen-bond donors (Lipinski definition) is 1. The zero-order valence-corrected chi connectivity index (χ0v) is 13.2. The van der Waals surface area contributed by atoms with Gasteiger partial charge in [0, 0.05) is 11.3 Å². The molecule has 0 bridgehead atoms. The smallest absolute Gasteiger partial charge is 0.229 e. The standard InChI is InChI=1S/C17H14N2O3S/c1-23(21,22)19-16-9-7-15(8-10-16)17(20)11-6-13-2-4-14(12-18)5-3-13/h2-11,19H,1H3/b11-6+. The number of carbonyl (C=O) groups is 1. The first-order valence-corrected chi connectivity index (χ1v) is 8.57. The summed E-state index contributed by atoms with van der Waals surface area (Å²) in [5.74, 6) is -0.194. The van der Waals surface area contributed by atoms with Gasteiger partial charge in [0.25, 0.3) is 0 Å². The molecule has 1 N–H and O–H groups in total. The number of allylic oxidation sites excluding steroid dienone is 1. The first kappa shape index (κ1) is 16.5. The number of nitrogens with one attached hydrogen (secondary N) is 1. The second-order valence-corrected chi connectivity index (χ2v) is 6.63. The first-order chi connectivity index (χ1) is 10.9. The monoisotopic (exact) mass is 326 g/mol. The van der Waals surface area contributed by atoms with Gasteiger partial charge in [0.15, 0.2) is 5.78 Å². The van der Waals surface area contributed by atoms with Crippen LogP contribution in [0.4, 0.5) is 5.69 Å². The second kappa shape index (κ2) is 6.90. The van der Waals surface area contributed by atoms with Crippen molar-refractivity contribution in [2.75, 3.05) is 11.0 Å². The minimum Gasteiger partial charge on any atom is -0.289 e. The van der Waals surface area contributed by atoms with E-state index in [2.05, 4.69) is 4.72 Å². The summed E-state index contributed by atoms with van der Waals surface area (Å²) in [7, 11) is -3.33. The Morgan fingerprint density at radius 1 is 1.09 bits per heavy atom. The molecule has 0 spiro atoms. The number of sulfonamides is 1. The molecule has 2 aromatic rings. The van der Waals surface area contributed by atoms with Crippen molar-refractivity contribution in [1.82, 2.24) is 0 Å². The highest BCUT2D eigenvalue weighted by molar-refractivity contribution is 7.92. The summed E-state index contributed by atoms with van der Waals surface area (Å²) in [6, 6.07) is 15.1. The van der Waals surface area contributed by atoms with Crippen molar-refractivity contribution in [2.24, 2.45) is 0 Å². The summed E-state index contributed by atoms with van der Waals surface area (Å²) in [5, 5.41) is 8.72. The predicted octanol–water partition coefficient (Wildman–Crippen LogP) is 2.83. The van der Waals surface area contributed by atoms with Gasteiger partial charge in [-0.25, -0.2) is 8.42 Å². The molecule has 0 aromatic heterocycles. The molecule has 116 valence electrons. The minimum absolute atomic E-state index is 0.194. The van der Waals surface area contributed by atoms with E-state index in [1.54, 1.807) is 42.5 Å². The highest BCUT2D eigenvalue weighted by Crippen LogP contribution is 2.12. The van der Waals surface area contributed by atoms with Gasteiger partial charge in [0.05, 0.1) is 17.9 Å². The molecule has 0 saturated carbocycles. The van der Waals surface area contributed by atoms with Crippen molar-refractivity contribution in [3.63, 3.8) is 0 Å². The van der Waals surface area contributed by atoms with Crippen LogP contribution in [0.5, 0.6) is 0 Å². The number of anilines is 1. The Bertz CT molecular complexity index is 875. The van der Waals surface area contributed by atoms with E-state index in [0.29, 0.717) is 16.8 Å². The van der Waals surface area contributed by atoms with Gasteiger partial charge in [-0.2, -0.15) is 5.26 Å². The lowest BCUT2D eigenvalue weighted by Gasteiger charge is -2.03. The van der Waals surface area contributed by atoms with Crippen LogP contribution in [0.1, 0.15) is 21.5 Å². The summed E-state index contributed by atoms with van der Waals surface area (Å²) in [4.78, 5) is 12.1. The maximum Gasteiger partial charge on any atom is 0.229 e. The Kier molecular flexibility index (Phi) is 4.94. The molecule has 0 radical (unpaired) electrons. The molecule has 0 fully saturated rings. The number of ketones is 1. The van der Waals surface area contributed by atoms with E-state index in [-0.39, 0.29) is 5.78 Å². The average Bonchev–Trinajstić information content (AvgIpc) is 2.52. The van der Waals surface area contributed by atoms with Crippen molar-refractivity contribution >= 4 is 27.6 Å². The number of carbonyl (C=O) groups excluding carboxylic acids is 1. The maximum absolute atomic E-state index is 12.1. The topological polar surface area (TPSA) is 87.0 Å². The Balaban J connectivity index is 2.08. The molecule has 0 heterocycles. The number of rotatable bonds is 5. The lowest BCUT2D eigenvalue weighted by Crippen LogP contribution is -2.09. The third-order valence-electron chi connectivity index (χ3n) is 2.94. The van der Waals surface area contributed by atoms with E-state index in [0.717, 1.165) is 11.8 Å². The largest absolute Gasteiger partial charge is 0.289 e. The molecule has 2 aromatic carbocycles. The van der Waals surface area contributed by atoms with Crippen LogP contribution in [-0.2, 0) is 10.0 Å². The normalized spacial score (nSPS) is 11.1. The van der Waals surface area contributed by atoms with Crippen LogP contribution in [0.3, 0.4) is 0 Å². The van der Waals surface area contributed by atoms with E-state index in [1.807, 2.05) is 6.07 Å². The summed E-state index contributed by atoms with van der Waals surface area (Å²) in [6.07, 6.45) is 4.15. The fourth-order valence-corrected chi connectivity index (χ4v) is 2.42. The Hall–Kier alpha value is -2.91. The third-order valence-corrected chi connectivity index (χ3v) is 3.55. The van der Waals surface area contributed by atoms with Crippen LogP contribution in [0.25, 0.3) is 6.08 Å². The summed E-state index contributed by atoms with van der Waals surface area (Å²) < 4.78 is 24.6. The van der Waals surface area contributed by atoms with Gasteiger partial charge in [0.1, 0.15) is 0 Å². The van der Waals surface area contributed by atoms with Crippen LogP contribution < -0.4 is 4.72 Å². The van der Waals surface area contributed by atoms with Gasteiger partial charge < -0.3 is 0 Å². The zero-order valence-electron chi connectivity index (χ0n) is 12.4. The van der Waals surface area contributed by atoms with E-state index >= 15 is 0 Å². The number of nitrogens with zero attached hydrogens (tertiary/aromatic N) is 1. The number of hydrogen-bond acceptors (Lipinski definition) is 4. The van der Waals surface area contributed by atoms with E-state index in [9.17, 15) is 13.2 Å². The van der Waals surface area contributed by atoms with Gasteiger partial charge in [-0.1, -0.05) is 18.2 Å². The molecule has 0 amide bonds. The van der Waals surface area contributed by atoms with Gasteiger partial charge in [0.2, 0.25) is 10.0 Å². The Labute approximate surface area is 134 Å². The van der Waals surface area contributed by atoms with Crippen molar-refractivity contribution in [3.05, 3.63) is 71.3 Å². The van der Waals surface area contributed by atoms with Crippen LogP contribution in [0.2, 0.25) is 0 Å². The van der Waals surface area contributed by atoms with Crippen LogP contribution in [0.15, 0.2) is 54.6 Å². The lowest BCUT2D eigenvalue weighted by atomic mass is 10.1. The molecule has 0 aliphatic rings. The molecule has 0 unspecified atom stereocenters. The van der Waals surface area contributed by atoms with E-state index in [4.69, 9.17) is 5.26 Å². The highest BCUT2D eigenvalue weighted by Gasteiger charge is 2.04. The summed E-state index contributed by atoms with van der Waals surface area (Å²) in [5.41, 5.74) is 2.23. The van der Waals surface area contributed by atoms with Gasteiger partial charge in [-0.05, 0) is 48.0 Å². The molecule has 0 saturated heterocycles. The Morgan fingerprint density at radius 2 is 1.70 bits per heavy atom. The lowest BCUT2D eigenvalue weighted by molar-refractivity contribution is 0.104. The van der Waals surface area contributed by atoms with Gasteiger partial charge >= 0.3 is 0 Å². The van der Waals surface area contributed by atoms with Crippen LogP contribution >= 0.6 is 0 Å². The molecule has 5 nitrogen and oxygen atoms in total. The molecule has 0 aliphatic heterocycles. The highest BCUT2D eigenvalue weighted by atomic mass is 32.2. The molecular weight excluding hydrogens is 312 g/mol. The first-order valence-electron chi connectivity index (χ1n) is 6.68. The van der Waals surface area contributed by atoms with Gasteiger partial charge in [-0.15, -0.1) is 0 Å². The predicted molar refractivity (Wildman–Crippen MR) is 89.4 cm³/mol. The fourth-order valence-electron chi connectivity index (χ4n) is 1.85. The van der Waals surface area contributed by atoms with E-state index in [1.165, 1.54) is 18.2 Å². The minimum atomic E-state index is -3.33. The number of nitriles is 1. The molecule has 23 heavy (non-hydrogen) atoms. The Morgan fingerprint density at radius 3 is 2.22 bits per heavy atom. The fraction of sp³-hybridized carbons (Fsp3) is 0.0588. The summed E-state index contributed by atoms with van der Waals surface area (Å²) >= 11 is 0. The third kappa shape index (κ3) is 5.09. The van der Waals surface area contributed by atoms with E-state index < -0.39 is 10.0 Å². The SMILES string of the molecule is CS(=O)(=O)Nc1ccc(C(=O)/C=C/c2ccc(C#N)cc2)cc1. The van der Waals surface area contributed by atoms with Crippen molar-refractivity contribution in [2.45, 2.75) is 0 Å². The zero-order chi connectivity index (χ0) is 16.9. The quantitative estimate of drug-likeness (QED) is 0.676. The second-order valence-electron chi connectivity index (χ2n) is 4.88. The molecular formula is C17H14N2O3S. The number of benzene rings is 2. The van der Waals surface area contributed by atoms with Gasteiger partial charge in [-0.3, -0.25) is 9.52 Å². The van der Waals surface area contributed by atoms with Crippen LogP contribution in [0, 0.1) is 11.3 Å².